The summed E-state index contributed by atoms with van der Waals surface area (Å²) in [5, 5.41) is 4.38. The fraction of sp³-hybridized carbons (Fsp3) is 0.250. The lowest BCUT2D eigenvalue weighted by molar-refractivity contribution is 0.656. The van der Waals surface area contributed by atoms with E-state index in [0.29, 0.717) is 0 Å². The van der Waals surface area contributed by atoms with Gasteiger partial charge in [0.2, 0.25) is 0 Å². The number of para-hydroxylation sites is 1. The molecule has 1 aromatic heterocycles. The number of rotatable bonds is 1. The number of aryl methyl sites for hydroxylation is 1. The number of nitrogens with two attached hydrogens (primary N) is 1. The van der Waals surface area contributed by atoms with Crippen molar-refractivity contribution >= 4 is 5.69 Å². The van der Waals surface area contributed by atoms with Crippen LogP contribution in [-0.4, -0.2) is 9.78 Å². The molecule has 0 saturated carbocycles. The third-order valence-electron chi connectivity index (χ3n) is 2.98. The van der Waals surface area contributed by atoms with Crippen LogP contribution in [0.5, 0.6) is 0 Å². The van der Waals surface area contributed by atoms with Crippen LogP contribution in [-0.2, 0) is 13.0 Å². The van der Waals surface area contributed by atoms with Gasteiger partial charge in [0.1, 0.15) is 0 Å². The molecule has 3 rings (SSSR count). The molecule has 0 saturated heterocycles. The maximum atomic E-state index is 5.97. The third-order valence-corrected chi connectivity index (χ3v) is 2.98. The Bertz CT molecular complexity index is 499. The highest BCUT2D eigenvalue weighted by Crippen LogP contribution is 2.31. The average molecular weight is 199 g/mol. The quantitative estimate of drug-likeness (QED) is 0.714. The SMILES string of the molecule is Nc1ccccc1-c1cnn2c1CCC2. The summed E-state index contributed by atoms with van der Waals surface area (Å²) in [5.74, 6) is 0. The minimum atomic E-state index is 0.834. The largest absolute Gasteiger partial charge is 0.398 e. The Morgan fingerprint density at radius 1 is 1.20 bits per heavy atom. The van der Waals surface area contributed by atoms with Crippen molar-refractivity contribution in [2.75, 3.05) is 5.73 Å². The number of hydrogen-bond donors (Lipinski definition) is 1. The summed E-state index contributed by atoms with van der Waals surface area (Å²) in [6.07, 6.45) is 4.24. The Kier molecular flexibility index (Phi) is 1.78. The predicted octanol–water partition coefficient (Wildman–Crippen LogP) is 2.08. The number of benzene rings is 1. The Morgan fingerprint density at radius 3 is 2.93 bits per heavy atom. The van der Waals surface area contributed by atoms with E-state index >= 15 is 0 Å². The van der Waals surface area contributed by atoms with Gasteiger partial charge in [-0.2, -0.15) is 5.10 Å². The molecule has 0 spiro atoms. The molecule has 1 aliphatic rings. The highest BCUT2D eigenvalue weighted by molar-refractivity contribution is 5.77. The van der Waals surface area contributed by atoms with Gasteiger partial charge >= 0.3 is 0 Å². The van der Waals surface area contributed by atoms with Crippen molar-refractivity contribution in [1.29, 1.82) is 0 Å². The monoisotopic (exact) mass is 199 g/mol. The molecule has 0 fully saturated rings. The maximum absolute atomic E-state index is 5.97. The van der Waals surface area contributed by atoms with Gasteiger partial charge in [0.05, 0.1) is 6.20 Å². The number of anilines is 1. The molecule has 0 atom stereocenters. The van der Waals surface area contributed by atoms with E-state index in [0.717, 1.165) is 24.2 Å². The number of fused-ring (bicyclic) bond motifs is 1. The molecule has 2 N–H and O–H groups in total. The average Bonchev–Trinajstić information content (AvgIpc) is 2.80. The summed E-state index contributed by atoms with van der Waals surface area (Å²) in [7, 11) is 0. The molecule has 15 heavy (non-hydrogen) atoms. The number of nitrogen functional groups attached to an aromatic ring is 1. The summed E-state index contributed by atoms with van der Waals surface area (Å²) >= 11 is 0. The van der Waals surface area contributed by atoms with E-state index in [1.165, 1.54) is 17.7 Å². The molecular formula is C12H13N3. The normalized spacial score (nSPS) is 14.1. The minimum Gasteiger partial charge on any atom is -0.398 e. The summed E-state index contributed by atoms with van der Waals surface area (Å²) in [5.41, 5.74) is 10.4. The van der Waals surface area contributed by atoms with Gasteiger partial charge in [-0.3, -0.25) is 4.68 Å². The van der Waals surface area contributed by atoms with Crippen LogP contribution in [0, 0.1) is 0 Å². The second-order valence-electron chi connectivity index (χ2n) is 3.92. The van der Waals surface area contributed by atoms with Crippen LogP contribution in [0.2, 0.25) is 0 Å². The summed E-state index contributed by atoms with van der Waals surface area (Å²) in [6, 6.07) is 7.98. The Labute approximate surface area is 88.5 Å². The second-order valence-corrected chi connectivity index (χ2v) is 3.92. The van der Waals surface area contributed by atoms with Gasteiger partial charge in [-0.15, -0.1) is 0 Å². The van der Waals surface area contributed by atoms with E-state index in [9.17, 15) is 0 Å². The van der Waals surface area contributed by atoms with Gasteiger partial charge in [0.25, 0.3) is 0 Å². The lowest BCUT2D eigenvalue weighted by atomic mass is 10.0. The molecule has 3 heteroatoms. The molecule has 2 aromatic rings. The van der Waals surface area contributed by atoms with Gasteiger partial charge in [-0.05, 0) is 18.9 Å². The topological polar surface area (TPSA) is 43.8 Å². The first-order valence-electron chi connectivity index (χ1n) is 5.26. The molecule has 3 nitrogen and oxygen atoms in total. The summed E-state index contributed by atoms with van der Waals surface area (Å²) in [4.78, 5) is 0. The van der Waals surface area contributed by atoms with Gasteiger partial charge in [-0.1, -0.05) is 18.2 Å². The molecular weight excluding hydrogens is 186 g/mol. The fourth-order valence-corrected chi connectivity index (χ4v) is 2.23. The highest BCUT2D eigenvalue weighted by atomic mass is 15.3. The summed E-state index contributed by atoms with van der Waals surface area (Å²) in [6.45, 7) is 1.04. The first kappa shape index (κ1) is 8.53. The van der Waals surface area contributed by atoms with E-state index in [2.05, 4.69) is 15.8 Å². The molecule has 0 radical (unpaired) electrons. The Morgan fingerprint density at radius 2 is 2.07 bits per heavy atom. The zero-order valence-electron chi connectivity index (χ0n) is 8.48. The number of aromatic nitrogens is 2. The van der Waals surface area contributed by atoms with E-state index in [1.807, 2.05) is 24.4 Å². The zero-order valence-corrected chi connectivity index (χ0v) is 8.48. The van der Waals surface area contributed by atoms with Crippen LogP contribution in [0.3, 0.4) is 0 Å². The van der Waals surface area contributed by atoms with Crippen molar-refractivity contribution in [3.63, 3.8) is 0 Å². The van der Waals surface area contributed by atoms with Gasteiger partial charge in [-0.25, -0.2) is 0 Å². The van der Waals surface area contributed by atoms with Crippen LogP contribution >= 0.6 is 0 Å². The van der Waals surface area contributed by atoms with Crippen molar-refractivity contribution in [3.05, 3.63) is 36.2 Å². The molecule has 76 valence electrons. The minimum absolute atomic E-state index is 0.834. The van der Waals surface area contributed by atoms with Crippen molar-refractivity contribution in [2.45, 2.75) is 19.4 Å². The van der Waals surface area contributed by atoms with Crippen LogP contribution in [0.25, 0.3) is 11.1 Å². The van der Waals surface area contributed by atoms with Crippen molar-refractivity contribution < 1.29 is 0 Å². The third kappa shape index (κ3) is 1.23. The molecule has 0 bridgehead atoms. The highest BCUT2D eigenvalue weighted by Gasteiger charge is 2.17. The number of hydrogen-bond acceptors (Lipinski definition) is 2. The van der Waals surface area contributed by atoms with E-state index in [-0.39, 0.29) is 0 Å². The first-order valence-corrected chi connectivity index (χ1v) is 5.26. The molecule has 0 aliphatic carbocycles. The second kappa shape index (κ2) is 3.12. The van der Waals surface area contributed by atoms with Crippen LogP contribution < -0.4 is 5.73 Å². The van der Waals surface area contributed by atoms with E-state index < -0.39 is 0 Å². The number of nitrogens with zero attached hydrogens (tertiary/aromatic N) is 2. The summed E-state index contributed by atoms with van der Waals surface area (Å²) < 4.78 is 2.09. The lowest BCUT2D eigenvalue weighted by Gasteiger charge is -2.04. The maximum Gasteiger partial charge on any atom is 0.0572 e. The molecule has 1 aliphatic heterocycles. The zero-order chi connectivity index (χ0) is 10.3. The van der Waals surface area contributed by atoms with Crippen molar-refractivity contribution in [2.24, 2.45) is 0 Å². The van der Waals surface area contributed by atoms with Crippen LogP contribution in [0.15, 0.2) is 30.5 Å². The fourth-order valence-electron chi connectivity index (χ4n) is 2.23. The van der Waals surface area contributed by atoms with Gasteiger partial charge in [0.15, 0.2) is 0 Å². The van der Waals surface area contributed by atoms with Crippen LogP contribution in [0.4, 0.5) is 5.69 Å². The van der Waals surface area contributed by atoms with Crippen LogP contribution in [0.1, 0.15) is 12.1 Å². The Balaban J connectivity index is 2.17. The van der Waals surface area contributed by atoms with Crippen molar-refractivity contribution in [3.8, 4) is 11.1 Å². The Hall–Kier alpha value is -1.77. The molecule has 0 unspecified atom stereocenters. The standard InChI is InChI=1S/C12H13N3/c13-11-5-2-1-4-9(11)10-8-14-15-7-3-6-12(10)15/h1-2,4-5,8H,3,6-7,13H2. The van der Waals surface area contributed by atoms with Gasteiger partial charge < -0.3 is 5.73 Å². The smallest absolute Gasteiger partial charge is 0.0572 e. The van der Waals surface area contributed by atoms with E-state index in [1.54, 1.807) is 0 Å². The van der Waals surface area contributed by atoms with E-state index in [4.69, 9.17) is 5.73 Å². The predicted molar refractivity (Wildman–Crippen MR) is 60.4 cm³/mol. The lowest BCUT2D eigenvalue weighted by Crippen LogP contribution is -1.94. The first-order chi connectivity index (χ1) is 7.36. The van der Waals surface area contributed by atoms with Gasteiger partial charge in [0, 0.05) is 29.1 Å². The molecule has 0 amide bonds. The molecule has 2 heterocycles. The molecule has 1 aromatic carbocycles. The van der Waals surface area contributed by atoms with Crippen molar-refractivity contribution in [1.82, 2.24) is 9.78 Å².